The first-order valence-corrected chi connectivity index (χ1v) is 14.4. The van der Waals surface area contributed by atoms with Gasteiger partial charge in [0.2, 0.25) is 0 Å². The minimum atomic E-state index is -1.48. The second-order valence-corrected chi connectivity index (χ2v) is 11.9. The van der Waals surface area contributed by atoms with E-state index in [4.69, 9.17) is 9.47 Å². The van der Waals surface area contributed by atoms with Crippen molar-refractivity contribution in [1.29, 1.82) is 0 Å². The molecule has 4 rings (SSSR count). The van der Waals surface area contributed by atoms with Crippen molar-refractivity contribution in [3.63, 3.8) is 0 Å². The van der Waals surface area contributed by atoms with Crippen LogP contribution < -0.4 is 0 Å². The Bertz CT molecular complexity index is 572. The zero-order valence-electron chi connectivity index (χ0n) is 21.0. The van der Waals surface area contributed by atoms with E-state index in [1.54, 1.807) is 0 Å². The molecule has 190 valence electrons. The average Bonchev–Trinajstić information content (AvgIpc) is 2.85. The maximum atomic E-state index is 12.5. The lowest BCUT2D eigenvalue weighted by molar-refractivity contribution is -0.230. The number of rotatable bonds is 8. The van der Waals surface area contributed by atoms with Crippen LogP contribution in [0.5, 0.6) is 0 Å². The topological polar surface area (TPSA) is 18.5 Å². The Hall–Kier alpha value is -0.480. The number of allylic oxidation sites excluding steroid dienone is 1. The van der Waals surface area contributed by atoms with Gasteiger partial charge in [0.15, 0.2) is 6.29 Å². The van der Waals surface area contributed by atoms with Gasteiger partial charge in [-0.2, -0.15) is 8.78 Å². The molecule has 0 aromatic heterocycles. The number of hydrogen-bond acceptors (Lipinski definition) is 2. The first kappa shape index (κ1) is 25.6. The van der Waals surface area contributed by atoms with E-state index in [0.717, 1.165) is 62.6 Å². The molecular weight excluding hydrogens is 418 g/mol. The van der Waals surface area contributed by atoms with Gasteiger partial charge in [-0.25, -0.2) is 0 Å². The van der Waals surface area contributed by atoms with Crippen molar-refractivity contribution in [3.05, 3.63) is 12.2 Å². The molecule has 0 atom stereocenters. The molecule has 0 unspecified atom stereocenters. The summed E-state index contributed by atoms with van der Waals surface area (Å²) in [6.07, 6.45) is 20.0. The summed E-state index contributed by atoms with van der Waals surface area (Å²) in [6.45, 7) is 4.06. The summed E-state index contributed by atoms with van der Waals surface area (Å²) in [7, 11) is 0. The highest BCUT2D eigenvalue weighted by atomic mass is 19.3. The van der Waals surface area contributed by atoms with Crippen molar-refractivity contribution < 1.29 is 18.3 Å². The van der Waals surface area contributed by atoms with E-state index >= 15 is 0 Å². The summed E-state index contributed by atoms with van der Waals surface area (Å²) in [5, 5.41) is 0. The maximum absolute atomic E-state index is 12.5. The van der Waals surface area contributed by atoms with Crippen LogP contribution in [0.25, 0.3) is 0 Å². The van der Waals surface area contributed by atoms with Gasteiger partial charge >= 0.3 is 0 Å². The van der Waals surface area contributed by atoms with Crippen LogP contribution in [0.1, 0.15) is 110 Å². The van der Waals surface area contributed by atoms with E-state index in [2.05, 4.69) is 6.92 Å². The fraction of sp³-hybridized carbons (Fsp3) is 0.931. The number of ether oxygens (including phenoxy) is 2. The molecule has 2 nitrogen and oxygen atoms in total. The Morgan fingerprint density at radius 3 is 1.58 bits per heavy atom. The smallest absolute Gasteiger partial charge is 0.266 e. The molecule has 0 spiro atoms. The standard InChI is InChI=1S/C29H48F2O2/c1-2-3-4-5-22-19-32-29(33-20-22)27-16-14-26(15-17-27)25-12-10-24(11-13-25)23-8-6-21(7-9-23)18-28(30)31/h18,21-27,29H,2-17,19-20H2,1H3. The highest BCUT2D eigenvalue weighted by Gasteiger charge is 2.37. The summed E-state index contributed by atoms with van der Waals surface area (Å²) < 4.78 is 37.4. The molecule has 1 heterocycles. The molecule has 3 aliphatic carbocycles. The second kappa shape index (κ2) is 13.0. The molecule has 1 aliphatic heterocycles. The summed E-state index contributed by atoms with van der Waals surface area (Å²) in [4.78, 5) is 0. The SMILES string of the molecule is CCCCCC1COC(C2CCC(C3CCC(C4CCC(C=C(F)F)CC4)CC3)CC2)OC1. The summed E-state index contributed by atoms with van der Waals surface area (Å²) in [5.74, 6) is 4.80. The normalized spacial score (nSPS) is 40.3. The van der Waals surface area contributed by atoms with Gasteiger partial charge in [0.1, 0.15) is 0 Å². The van der Waals surface area contributed by atoms with Gasteiger partial charge < -0.3 is 9.47 Å². The molecule has 3 saturated carbocycles. The quantitative estimate of drug-likeness (QED) is 0.333. The van der Waals surface area contributed by atoms with Crippen LogP contribution in [0.4, 0.5) is 8.78 Å². The lowest BCUT2D eigenvalue weighted by Gasteiger charge is -2.42. The molecule has 0 amide bonds. The van der Waals surface area contributed by atoms with E-state index in [9.17, 15) is 8.78 Å². The third-order valence-corrected chi connectivity index (χ3v) is 9.74. The summed E-state index contributed by atoms with van der Waals surface area (Å²) in [6, 6.07) is 0. The predicted octanol–water partition coefficient (Wildman–Crippen LogP) is 8.76. The minimum Gasteiger partial charge on any atom is -0.352 e. The van der Waals surface area contributed by atoms with Crippen LogP contribution in [0.15, 0.2) is 12.2 Å². The molecule has 4 heteroatoms. The Labute approximate surface area is 201 Å². The molecule has 0 radical (unpaired) electrons. The average molecular weight is 467 g/mol. The van der Waals surface area contributed by atoms with Crippen molar-refractivity contribution in [2.75, 3.05) is 13.2 Å². The van der Waals surface area contributed by atoms with Crippen molar-refractivity contribution >= 4 is 0 Å². The van der Waals surface area contributed by atoms with Crippen molar-refractivity contribution in [1.82, 2.24) is 0 Å². The monoisotopic (exact) mass is 466 g/mol. The van der Waals surface area contributed by atoms with Crippen molar-refractivity contribution in [3.8, 4) is 0 Å². The molecule has 4 fully saturated rings. The second-order valence-electron chi connectivity index (χ2n) is 11.9. The lowest BCUT2D eigenvalue weighted by atomic mass is 9.65. The van der Waals surface area contributed by atoms with Crippen LogP contribution in [0.2, 0.25) is 0 Å². The molecule has 0 aromatic carbocycles. The van der Waals surface area contributed by atoms with Crippen molar-refractivity contribution in [2.45, 2.75) is 116 Å². The van der Waals surface area contributed by atoms with Crippen LogP contribution in [0, 0.1) is 41.4 Å². The first-order valence-electron chi connectivity index (χ1n) is 14.4. The van der Waals surface area contributed by atoms with Crippen LogP contribution >= 0.6 is 0 Å². The minimum absolute atomic E-state index is 0.0555. The van der Waals surface area contributed by atoms with Gasteiger partial charge in [-0.1, -0.05) is 26.2 Å². The summed E-state index contributed by atoms with van der Waals surface area (Å²) >= 11 is 0. The number of halogens is 2. The molecule has 33 heavy (non-hydrogen) atoms. The predicted molar refractivity (Wildman–Crippen MR) is 130 cm³/mol. The van der Waals surface area contributed by atoms with E-state index in [-0.39, 0.29) is 12.2 Å². The largest absolute Gasteiger partial charge is 0.352 e. The third kappa shape index (κ3) is 7.50. The fourth-order valence-corrected chi connectivity index (χ4v) is 7.62. The zero-order valence-corrected chi connectivity index (χ0v) is 21.0. The van der Waals surface area contributed by atoms with E-state index < -0.39 is 6.08 Å². The van der Waals surface area contributed by atoms with Gasteiger partial charge in [-0.3, -0.25) is 0 Å². The molecule has 1 saturated heterocycles. The molecule has 0 N–H and O–H groups in total. The van der Waals surface area contributed by atoms with Crippen molar-refractivity contribution in [2.24, 2.45) is 41.4 Å². The molecule has 0 bridgehead atoms. The number of hydrogen-bond donors (Lipinski definition) is 0. The summed E-state index contributed by atoms with van der Waals surface area (Å²) in [5.41, 5.74) is 0. The van der Waals surface area contributed by atoms with Gasteiger partial charge in [-0.15, -0.1) is 0 Å². The van der Waals surface area contributed by atoms with E-state index in [1.807, 2.05) is 0 Å². The Balaban J connectivity index is 1.11. The van der Waals surface area contributed by atoms with Gasteiger partial charge in [0, 0.05) is 11.8 Å². The highest BCUT2D eigenvalue weighted by molar-refractivity contribution is 4.93. The third-order valence-electron chi connectivity index (χ3n) is 9.74. The zero-order chi connectivity index (χ0) is 23.0. The Kier molecular flexibility index (Phi) is 10.1. The lowest BCUT2D eigenvalue weighted by Crippen LogP contribution is -2.39. The van der Waals surface area contributed by atoms with Gasteiger partial charge in [0.05, 0.1) is 13.2 Å². The maximum Gasteiger partial charge on any atom is 0.266 e. The van der Waals surface area contributed by atoms with Crippen LogP contribution in [-0.2, 0) is 9.47 Å². The van der Waals surface area contributed by atoms with Gasteiger partial charge in [-0.05, 0) is 119 Å². The first-order chi connectivity index (χ1) is 16.1. The Morgan fingerprint density at radius 2 is 1.12 bits per heavy atom. The highest BCUT2D eigenvalue weighted by Crippen LogP contribution is 2.46. The molecule has 4 aliphatic rings. The van der Waals surface area contributed by atoms with Gasteiger partial charge in [0.25, 0.3) is 6.08 Å². The molecular formula is C29H48F2O2. The van der Waals surface area contributed by atoms with Crippen LogP contribution in [0.3, 0.4) is 0 Å². The van der Waals surface area contributed by atoms with E-state index in [0.29, 0.717) is 11.8 Å². The number of unbranched alkanes of at least 4 members (excludes halogenated alkanes) is 2. The fourth-order valence-electron chi connectivity index (χ4n) is 7.62. The Morgan fingerprint density at radius 1 is 0.667 bits per heavy atom. The van der Waals surface area contributed by atoms with Crippen LogP contribution in [-0.4, -0.2) is 19.5 Å². The molecule has 0 aromatic rings. The van der Waals surface area contributed by atoms with E-state index in [1.165, 1.54) is 83.1 Å².